The zero-order valence-corrected chi connectivity index (χ0v) is 56.4. The van der Waals surface area contributed by atoms with E-state index in [-0.39, 0.29) is 44.0 Å². The van der Waals surface area contributed by atoms with Gasteiger partial charge in [0.05, 0.1) is 97.1 Å². The van der Waals surface area contributed by atoms with Crippen LogP contribution in [0.1, 0.15) is 84.6 Å². The number of esters is 3. The fourth-order valence-corrected chi connectivity index (χ4v) is 12.7. The van der Waals surface area contributed by atoms with Gasteiger partial charge in [-0.2, -0.15) is 5.26 Å². The van der Waals surface area contributed by atoms with Gasteiger partial charge in [0.1, 0.15) is 90.5 Å². The van der Waals surface area contributed by atoms with E-state index in [4.69, 9.17) is 85.3 Å². The summed E-state index contributed by atoms with van der Waals surface area (Å²) in [6.45, 7) is 14.2. The van der Waals surface area contributed by atoms with Gasteiger partial charge in [-0.15, -0.1) is 11.8 Å². The Bertz CT molecular complexity index is 3070. The Kier molecular flexibility index (Phi) is 27.5. The van der Waals surface area contributed by atoms with Gasteiger partial charge in [0.25, 0.3) is 0 Å². The van der Waals surface area contributed by atoms with Crippen LogP contribution in [0.5, 0.6) is 23.0 Å². The molecule has 4 aliphatic heterocycles. The summed E-state index contributed by atoms with van der Waals surface area (Å²) in [6, 6.07) is 30.8. The van der Waals surface area contributed by atoms with Crippen LogP contribution in [-0.2, 0) is 112 Å². The quantitative estimate of drug-likeness (QED) is 0.0380. The Morgan fingerprint density at radius 3 is 1.17 bits per heavy atom. The van der Waals surface area contributed by atoms with Crippen LogP contribution in [0.3, 0.4) is 0 Å². The van der Waals surface area contributed by atoms with Crippen molar-refractivity contribution >= 4 is 35.6 Å². The Morgan fingerprint density at radius 2 is 0.809 bits per heavy atom. The van der Waals surface area contributed by atoms with Crippen molar-refractivity contribution in [1.82, 2.24) is 5.32 Å². The monoisotopic (exact) mass is 1330 g/mol. The number of nitriles is 1. The summed E-state index contributed by atoms with van der Waals surface area (Å²) in [5.74, 6) is -1.43. The minimum absolute atomic E-state index is 0.0552. The Morgan fingerprint density at radius 1 is 0.447 bits per heavy atom. The van der Waals surface area contributed by atoms with Gasteiger partial charge in [-0.3, -0.25) is 19.2 Å². The lowest BCUT2D eigenvalue weighted by Crippen LogP contribution is -2.69. The third kappa shape index (κ3) is 19.8. The van der Waals surface area contributed by atoms with Gasteiger partial charge in [-0.25, -0.2) is 0 Å². The van der Waals surface area contributed by atoms with Gasteiger partial charge in [-0.05, 0) is 84.6 Å². The number of hydrogen-bond donors (Lipinski definition) is 1. The maximum absolute atomic E-state index is 13.8. The SMILES string of the molecule is COc1ccc(COC2C(OCc3ccc(OC)cc3)[C@H](C)C(C)O[C@H]2OC2C(C)[C@@H](OC(C)=O)C(COC(C)=O)O[C@H]2OC2C(NC(C)=O)[C@H](SCC#N)OC(COC(C)=O)[C@H]2O[C@@H]2OC(C)[C@@H](C)C(OCc3ccc(OC)cc3)[C@@H]2OCc2ccc(OC)cc2)cc1. The van der Waals surface area contributed by atoms with E-state index < -0.39 is 147 Å². The zero-order valence-electron chi connectivity index (χ0n) is 55.6. The summed E-state index contributed by atoms with van der Waals surface area (Å²) in [7, 11) is 6.35. The second-order valence-corrected chi connectivity index (χ2v) is 24.8. The third-order valence-corrected chi connectivity index (χ3v) is 18.2. The molecule has 4 fully saturated rings. The first-order chi connectivity index (χ1) is 45.2. The van der Waals surface area contributed by atoms with Crippen molar-refractivity contribution in [2.24, 2.45) is 17.8 Å². The van der Waals surface area contributed by atoms with Gasteiger partial charge < -0.3 is 90.6 Å². The van der Waals surface area contributed by atoms with E-state index in [1.54, 1.807) is 35.4 Å². The van der Waals surface area contributed by atoms with E-state index in [2.05, 4.69) is 11.4 Å². The van der Waals surface area contributed by atoms with Crippen molar-refractivity contribution in [2.75, 3.05) is 47.4 Å². The molecule has 0 aliphatic carbocycles. The summed E-state index contributed by atoms with van der Waals surface area (Å²) in [5.41, 5.74) is 2.21. The predicted molar refractivity (Wildman–Crippen MR) is 339 cm³/mol. The smallest absolute Gasteiger partial charge is 0.303 e. The fourth-order valence-electron chi connectivity index (χ4n) is 11.8. The molecule has 94 heavy (non-hydrogen) atoms. The van der Waals surface area contributed by atoms with Gasteiger partial charge >= 0.3 is 17.9 Å². The molecule has 20 atom stereocenters. The molecular formula is C69H90N2O22S. The van der Waals surface area contributed by atoms with E-state index >= 15 is 0 Å². The molecular weight excluding hydrogens is 1240 g/mol. The third-order valence-electron chi connectivity index (χ3n) is 17.2. The number of ether oxygens (including phenoxy) is 18. The number of carbonyl (C=O) groups excluding carboxylic acids is 4. The summed E-state index contributed by atoms with van der Waals surface area (Å²) in [4.78, 5) is 52.6. The first-order valence-corrected chi connectivity index (χ1v) is 32.5. The number of methoxy groups -OCH3 is 4. The van der Waals surface area contributed by atoms with Crippen LogP contribution >= 0.6 is 11.8 Å². The molecule has 4 aliphatic rings. The molecule has 0 saturated carbocycles. The Hall–Kier alpha value is -6.64. The van der Waals surface area contributed by atoms with Gasteiger partial charge in [0, 0.05) is 45.4 Å². The second-order valence-electron chi connectivity index (χ2n) is 23.8. The van der Waals surface area contributed by atoms with E-state index in [0.29, 0.717) is 23.0 Å². The van der Waals surface area contributed by atoms with Crippen molar-refractivity contribution in [3.63, 3.8) is 0 Å². The molecule has 0 radical (unpaired) electrons. The lowest BCUT2D eigenvalue weighted by molar-refractivity contribution is -0.381. The predicted octanol–water partition coefficient (Wildman–Crippen LogP) is 8.19. The largest absolute Gasteiger partial charge is 0.497 e. The lowest BCUT2D eigenvalue weighted by Gasteiger charge is -2.52. The molecule has 4 saturated heterocycles. The Balaban J connectivity index is 1.24. The van der Waals surface area contributed by atoms with Crippen LogP contribution in [0.25, 0.3) is 0 Å². The fraction of sp³-hybridized carbons (Fsp3) is 0.580. The van der Waals surface area contributed by atoms with E-state index in [9.17, 15) is 24.4 Å². The first kappa shape index (κ1) is 73.2. The maximum Gasteiger partial charge on any atom is 0.303 e. The highest BCUT2D eigenvalue weighted by Gasteiger charge is 2.57. The average molecular weight is 1330 g/mol. The lowest BCUT2D eigenvalue weighted by atomic mass is 9.88. The molecule has 0 spiro atoms. The summed E-state index contributed by atoms with van der Waals surface area (Å²) >= 11 is 1.06. The normalized spacial score (nSPS) is 30.8. The van der Waals surface area contributed by atoms with E-state index in [1.807, 2.05) is 125 Å². The number of thioether (sulfide) groups is 1. The van der Waals surface area contributed by atoms with Gasteiger partial charge in [0.2, 0.25) is 5.91 Å². The molecule has 0 bridgehead atoms. The van der Waals surface area contributed by atoms with Crippen LogP contribution in [-0.4, -0.2) is 175 Å². The first-order valence-electron chi connectivity index (χ1n) is 31.5. The van der Waals surface area contributed by atoms with Gasteiger partial charge in [0.15, 0.2) is 18.9 Å². The van der Waals surface area contributed by atoms with Crippen LogP contribution in [0, 0.1) is 29.1 Å². The number of benzene rings is 4. The molecule has 11 unspecified atom stereocenters. The molecule has 4 aromatic rings. The number of hydrogen-bond acceptors (Lipinski definition) is 24. The number of amides is 1. The molecule has 1 amide bonds. The summed E-state index contributed by atoms with van der Waals surface area (Å²) in [6.07, 6.45) is -16.3. The zero-order chi connectivity index (χ0) is 67.6. The van der Waals surface area contributed by atoms with Gasteiger partial charge in [-0.1, -0.05) is 69.3 Å². The molecule has 514 valence electrons. The number of carbonyl (C=O) groups is 4. The minimum atomic E-state index is -1.57. The Labute approximate surface area is 554 Å². The van der Waals surface area contributed by atoms with Crippen LogP contribution in [0.4, 0.5) is 0 Å². The maximum atomic E-state index is 13.8. The van der Waals surface area contributed by atoms with Crippen LogP contribution in [0.15, 0.2) is 97.1 Å². The highest BCUT2D eigenvalue weighted by atomic mass is 32.2. The minimum Gasteiger partial charge on any atom is -0.497 e. The van der Waals surface area contributed by atoms with Crippen LogP contribution in [0.2, 0.25) is 0 Å². The molecule has 8 rings (SSSR count). The van der Waals surface area contributed by atoms with Crippen molar-refractivity contribution < 1.29 is 104 Å². The highest BCUT2D eigenvalue weighted by Crippen LogP contribution is 2.42. The standard InChI is InChI=1S/C69H90N2O22S/c1-38-41(4)86-67(64(84-34-49-18-26-53(78-12)27-19-49)59(38)82-32-47-14-22-51(76-10)23-15-47)91-61-40(3)58(88-46(9)75)55(36-80-44(7)73)89-66(61)93-63-57(71-43(6)72)69(94-31-30-70)90-56(37-81-45(8)74)62(63)92-68-65(85-35-50-20-28-54(79-13)29-21-50)60(39(2)42(5)87-68)83-33-48-16-24-52(77-11)25-17-48/h14-29,38-42,55-69H,31-37H2,1-13H3,(H,71,72)/t38-,39-,40?,41?,42?,55?,56?,57?,58-,59?,60?,61?,62-,63?,64?,65+,66+,67+,68+,69+/m1/s1. The molecule has 1 N–H and O–H groups in total. The summed E-state index contributed by atoms with van der Waals surface area (Å²) < 4.78 is 116. The number of rotatable bonds is 30. The number of nitrogens with zero attached hydrogens (tertiary/aromatic N) is 1. The molecule has 25 heteroatoms. The second kappa shape index (κ2) is 35.4. The van der Waals surface area contributed by atoms with E-state index in [0.717, 1.165) is 34.0 Å². The van der Waals surface area contributed by atoms with Crippen LogP contribution < -0.4 is 24.3 Å². The molecule has 4 heterocycles. The molecule has 24 nitrogen and oxygen atoms in total. The van der Waals surface area contributed by atoms with Crippen molar-refractivity contribution in [3.8, 4) is 29.1 Å². The molecule has 0 aromatic heterocycles. The summed E-state index contributed by atoms with van der Waals surface area (Å²) in [5, 5.41) is 13.1. The number of nitrogens with one attached hydrogen (secondary N) is 1. The van der Waals surface area contributed by atoms with Crippen molar-refractivity contribution in [1.29, 1.82) is 5.26 Å². The average Bonchev–Trinajstić information content (AvgIpc) is 0.767. The highest BCUT2D eigenvalue weighted by molar-refractivity contribution is 8.00. The molecule has 4 aromatic carbocycles. The van der Waals surface area contributed by atoms with Crippen molar-refractivity contribution in [3.05, 3.63) is 119 Å². The van der Waals surface area contributed by atoms with Crippen molar-refractivity contribution in [2.45, 2.75) is 192 Å². The topological polar surface area (TPSA) is 270 Å². The van der Waals surface area contributed by atoms with E-state index in [1.165, 1.54) is 27.7 Å².